The fourth-order valence-electron chi connectivity index (χ4n) is 2.74. The molecule has 110 valence electrons. The molecule has 0 aromatic carbocycles. The molecule has 2 unspecified atom stereocenters. The molecule has 1 N–H and O–H groups in total. The molecule has 0 aromatic rings. The van der Waals surface area contributed by atoms with Crippen LogP contribution in [-0.4, -0.2) is 21.9 Å². The number of allylic oxidation sites excluding steroid dienone is 9. The molecule has 0 fully saturated rings. The summed E-state index contributed by atoms with van der Waals surface area (Å²) in [4.78, 5) is 24.2. The highest BCUT2D eigenvalue weighted by Crippen LogP contribution is 2.33. The van der Waals surface area contributed by atoms with Gasteiger partial charge in [-0.2, -0.15) is 0 Å². The summed E-state index contributed by atoms with van der Waals surface area (Å²) < 4.78 is 0. The molecule has 0 saturated heterocycles. The lowest BCUT2D eigenvalue weighted by atomic mass is 9.82. The molecule has 0 radical (unpaired) electrons. The van der Waals surface area contributed by atoms with Crippen molar-refractivity contribution in [1.82, 2.24) is 4.90 Å². The number of carboxylic acids is 1. The lowest BCUT2D eigenvalue weighted by Crippen LogP contribution is -2.35. The van der Waals surface area contributed by atoms with E-state index in [-0.39, 0.29) is 11.8 Å². The molecule has 1 amide bonds. The molecular formula is C17H19NO3. The maximum Gasteiger partial charge on any atom is 0.395 e. The zero-order valence-corrected chi connectivity index (χ0v) is 12.0. The molecule has 0 saturated carbocycles. The average molecular weight is 285 g/mol. The molecule has 1 aliphatic carbocycles. The van der Waals surface area contributed by atoms with Gasteiger partial charge < -0.3 is 5.11 Å². The van der Waals surface area contributed by atoms with Gasteiger partial charge >= 0.3 is 11.9 Å². The largest absolute Gasteiger partial charge is 0.474 e. The van der Waals surface area contributed by atoms with E-state index in [1.165, 1.54) is 11.1 Å². The van der Waals surface area contributed by atoms with Gasteiger partial charge in [0.15, 0.2) is 0 Å². The van der Waals surface area contributed by atoms with E-state index in [2.05, 4.69) is 19.1 Å². The number of rotatable bonds is 3. The fraction of sp³-hybridized carbons (Fsp3) is 0.294. The van der Waals surface area contributed by atoms with Crippen molar-refractivity contribution in [3.63, 3.8) is 0 Å². The summed E-state index contributed by atoms with van der Waals surface area (Å²) in [5.41, 5.74) is 0.736. The predicted molar refractivity (Wildman–Crippen MR) is 81.0 cm³/mol. The van der Waals surface area contributed by atoms with Crippen molar-refractivity contribution in [3.05, 3.63) is 60.5 Å². The van der Waals surface area contributed by atoms with Crippen LogP contribution in [0.3, 0.4) is 0 Å². The first-order valence-corrected chi connectivity index (χ1v) is 7.10. The van der Waals surface area contributed by atoms with Gasteiger partial charge in [0.2, 0.25) is 0 Å². The molecule has 2 atom stereocenters. The summed E-state index contributed by atoms with van der Waals surface area (Å²) in [7, 11) is 0. The van der Waals surface area contributed by atoms with Gasteiger partial charge in [0.25, 0.3) is 0 Å². The van der Waals surface area contributed by atoms with Crippen LogP contribution in [0.25, 0.3) is 0 Å². The third-order valence-electron chi connectivity index (χ3n) is 3.75. The van der Waals surface area contributed by atoms with E-state index in [0.717, 1.165) is 18.5 Å². The molecule has 2 aliphatic rings. The van der Waals surface area contributed by atoms with Crippen molar-refractivity contribution in [3.8, 4) is 0 Å². The second-order valence-corrected chi connectivity index (χ2v) is 5.03. The number of hydrogen-bond acceptors (Lipinski definition) is 2. The molecule has 4 heteroatoms. The summed E-state index contributed by atoms with van der Waals surface area (Å²) in [6, 6.07) is 0. The molecule has 21 heavy (non-hydrogen) atoms. The van der Waals surface area contributed by atoms with E-state index in [4.69, 9.17) is 5.11 Å². The predicted octanol–water partition coefficient (Wildman–Crippen LogP) is 3.03. The first-order chi connectivity index (χ1) is 10.1. The first-order valence-electron chi connectivity index (χ1n) is 7.10. The van der Waals surface area contributed by atoms with Crippen LogP contribution in [0.5, 0.6) is 0 Å². The maximum absolute atomic E-state index is 11.9. The van der Waals surface area contributed by atoms with Crippen LogP contribution < -0.4 is 0 Å². The van der Waals surface area contributed by atoms with Crippen LogP contribution in [0.2, 0.25) is 0 Å². The smallest absolute Gasteiger partial charge is 0.395 e. The van der Waals surface area contributed by atoms with Gasteiger partial charge in [-0.3, -0.25) is 9.69 Å². The van der Waals surface area contributed by atoms with Gasteiger partial charge in [-0.1, -0.05) is 43.4 Å². The normalized spacial score (nSPS) is 21.9. The van der Waals surface area contributed by atoms with Crippen molar-refractivity contribution < 1.29 is 14.7 Å². The molecule has 0 aromatic heterocycles. The highest BCUT2D eigenvalue weighted by molar-refractivity contribution is 6.32. The van der Waals surface area contributed by atoms with Crippen LogP contribution in [0.4, 0.5) is 0 Å². The van der Waals surface area contributed by atoms with E-state index in [1.54, 1.807) is 12.2 Å². The van der Waals surface area contributed by atoms with Crippen LogP contribution >= 0.6 is 0 Å². The van der Waals surface area contributed by atoms with Gasteiger partial charge in [0.05, 0.1) is 0 Å². The minimum absolute atomic E-state index is 0.0990. The SMILES string of the molecule is CCC(C1=CC=CC=CN1C(=O)C(=O)O)C1C=CC=CC1. The summed E-state index contributed by atoms with van der Waals surface area (Å²) in [5.74, 6) is -1.99. The number of carboxylic acid groups (broad SMARTS) is 1. The Morgan fingerprint density at radius 3 is 2.71 bits per heavy atom. The van der Waals surface area contributed by atoms with Crippen LogP contribution in [0.1, 0.15) is 19.8 Å². The van der Waals surface area contributed by atoms with Gasteiger partial charge in [-0.05, 0) is 30.9 Å². The molecule has 0 bridgehead atoms. The molecular weight excluding hydrogens is 266 g/mol. The van der Waals surface area contributed by atoms with Gasteiger partial charge in [0.1, 0.15) is 0 Å². The highest BCUT2D eigenvalue weighted by atomic mass is 16.4. The monoisotopic (exact) mass is 285 g/mol. The standard InChI is InChI=1S/C17H19NO3/c1-2-14(13-9-5-3-6-10-13)15-11-7-4-8-12-18(15)16(19)17(20)21/h3-9,11-14H,2,10H2,1H3,(H,20,21). The third kappa shape index (κ3) is 3.40. The Balaban J connectivity index is 2.33. The summed E-state index contributed by atoms with van der Waals surface area (Å²) in [6.07, 6.45) is 18.6. The third-order valence-corrected chi connectivity index (χ3v) is 3.75. The molecule has 2 rings (SSSR count). The molecule has 1 heterocycles. The van der Waals surface area contributed by atoms with Crippen molar-refractivity contribution >= 4 is 11.9 Å². The van der Waals surface area contributed by atoms with E-state index < -0.39 is 11.9 Å². The Bertz CT molecular complexity index is 567. The minimum atomic E-state index is -1.44. The quantitative estimate of drug-likeness (QED) is 0.811. The molecule has 0 spiro atoms. The number of carbonyl (C=O) groups is 2. The first kappa shape index (κ1) is 15.0. The Kier molecular flexibility index (Phi) is 4.93. The van der Waals surface area contributed by atoms with Crippen molar-refractivity contribution in [2.24, 2.45) is 11.8 Å². The summed E-state index contributed by atoms with van der Waals surface area (Å²) in [5, 5.41) is 9.01. The lowest BCUT2D eigenvalue weighted by molar-refractivity contribution is -0.153. The fourth-order valence-corrected chi connectivity index (χ4v) is 2.74. The topological polar surface area (TPSA) is 57.6 Å². The summed E-state index contributed by atoms with van der Waals surface area (Å²) in [6.45, 7) is 2.05. The lowest BCUT2D eigenvalue weighted by Gasteiger charge is -2.31. The van der Waals surface area contributed by atoms with Crippen molar-refractivity contribution in [2.45, 2.75) is 19.8 Å². The Labute approximate surface area is 124 Å². The average Bonchev–Trinajstić information content (AvgIpc) is 2.74. The zero-order chi connectivity index (χ0) is 15.2. The molecule has 1 aliphatic heterocycles. The van der Waals surface area contributed by atoms with E-state index in [1.807, 2.05) is 24.3 Å². The van der Waals surface area contributed by atoms with Crippen LogP contribution in [0, 0.1) is 11.8 Å². The second kappa shape index (κ2) is 6.88. The number of aliphatic carboxylic acids is 1. The summed E-state index contributed by atoms with van der Waals surface area (Å²) >= 11 is 0. The second-order valence-electron chi connectivity index (χ2n) is 5.03. The van der Waals surface area contributed by atoms with Crippen molar-refractivity contribution in [1.29, 1.82) is 0 Å². The van der Waals surface area contributed by atoms with Gasteiger partial charge in [-0.25, -0.2) is 4.79 Å². The van der Waals surface area contributed by atoms with Crippen LogP contribution in [-0.2, 0) is 9.59 Å². The van der Waals surface area contributed by atoms with Crippen molar-refractivity contribution in [2.75, 3.05) is 0 Å². The highest BCUT2D eigenvalue weighted by Gasteiger charge is 2.30. The maximum atomic E-state index is 11.9. The van der Waals surface area contributed by atoms with E-state index in [0.29, 0.717) is 0 Å². The number of nitrogens with zero attached hydrogens (tertiary/aromatic N) is 1. The number of hydrogen-bond donors (Lipinski definition) is 1. The zero-order valence-electron chi connectivity index (χ0n) is 12.0. The Morgan fingerprint density at radius 2 is 2.10 bits per heavy atom. The number of carbonyl (C=O) groups excluding carboxylic acids is 1. The van der Waals surface area contributed by atoms with Crippen LogP contribution in [0.15, 0.2) is 60.5 Å². The van der Waals surface area contributed by atoms with Gasteiger partial charge in [0, 0.05) is 17.8 Å². The minimum Gasteiger partial charge on any atom is -0.474 e. The Morgan fingerprint density at radius 1 is 1.29 bits per heavy atom. The molecule has 4 nitrogen and oxygen atoms in total. The number of amides is 1. The van der Waals surface area contributed by atoms with E-state index in [9.17, 15) is 9.59 Å². The van der Waals surface area contributed by atoms with E-state index >= 15 is 0 Å². The van der Waals surface area contributed by atoms with Gasteiger partial charge in [-0.15, -0.1) is 0 Å². The Hall–Kier alpha value is -2.36.